The molecule has 1 atom stereocenters. The highest BCUT2D eigenvalue weighted by Crippen LogP contribution is 2.13. The predicted octanol–water partition coefficient (Wildman–Crippen LogP) is 1.63. The van der Waals surface area contributed by atoms with Crippen molar-refractivity contribution < 1.29 is 14.3 Å². The first kappa shape index (κ1) is 17.9. The minimum absolute atomic E-state index is 0.0416. The summed E-state index contributed by atoms with van der Waals surface area (Å²) in [6.07, 6.45) is 3.27. The summed E-state index contributed by atoms with van der Waals surface area (Å²) in [4.78, 5) is 29.1. The molecule has 0 aliphatic carbocycles. The van der Waals surface area contributed by atoms with Crippen LogP contribution in [0.15, 0.2) is 24.4 Å². The molecule has 0 fully saturated rings. The van der Waals surface area contributed by atoms with Gasteiger partial charge in [0, 0.05) is 32.5 Å². The van der Waals surface area contributed by atoms with Crippen LogP contribution >= 0.6 is 0 Å². The van der Waals surface area contributed by atoms with Gasteiger partial charge in [0.15, 0.2) is 5.69 Å². The van der Waals surface area contributed by atoms with E-state index in [1.54, 1.807) is 29.8 Å². The molecule has 0 saturated heterocycles. The molecule has 2 amide bonds. The van der Waals surface area contributed by atoms with Crippen LogP contribution in [0.4, 0.5) is 0 Å². The van der Waals surface area contributed by atoms with Crippen molar-refractivity contribution in [2.45, 2.75) is 32.7 Å². The molecule has 0 aliphatic rings. The molecular weight excluding hydrogens is 308 g/mol. The molecule has 0 saturated carbocycles. The summed E-state index contributed by atoms with van der Waals surface area (Å²) in [5.74, 6) is -0.366. The molecule has 2 rings (SSSR count). The van der Waals surface area contributed by atoms with E-state index in [0.717, 1.165) is 12.8 Å². The second-order valence-corrected chi connectivity index (χ2v) is 5.62. The van der Waals surface area contributed by atoms with Crippen LogP contribution in [0.5, 0.6) is 0 Å². The Kier molecular flexibility index (Phi) is 6.31. The number of nitrogens with zero attached hydrogens (tertiary/aromatic N) is 2. The quantitative estimate of drug-likeness (QED) is 0.720. The van der Waals surface area contributed by atoms with Crippen molar-refractivity contribution in [3.63, 3.8) is 0 Å². The smallest absolute Gasteiger partial charge is 0.287 e. The molecular formula is C17H24N4O3. The Balaban J connectivity index is 2.25. The minimum Gasteiger partial charge on any atom is -0.385 e. The van der Waals surface area contributed by atoms with Gasteiger partial charge in [-0.25, -0.2) is 4.98 Å². The number of methoxy groups -OCH3 is 1. The highest BCUT2D eigenvalue weighted by molar-refractivity contribution is 6.02. The first-order chi connectivity index (χ1) is 11.6. The Bertz CT molecular complexity index is 711. The van der Waals surface area contributed by atoms with E-state index in [2.05, 4.69) is 15.6 Å². The van der Waals surface area contributed by atoms with E-state index in [4.69, 9.17) is 4.74 Å². The van der Waals surface area contributed by atoms with Gasteiger partial charge < -0.3 is 15.4 Å². The second kappa shape index (κ2) is 8.44. The maximum Gasteiger partial charge on any atom is 0.287 e. The molecule has 24 heavy (non-hydrogen) atoms. The van der Waals surface area contributed by atoms with Crippen molar-refractivity contribution in [2.75, 3.05) is 20.3 Å². The van der Waals surface area contributed by atoms with Gasteiger partial charge >= 0.3 is 0 Å². The number of hydrogen-bond acceptors (Lipinski definition) is 4. The number of amides is 2. The topological polar surface area (TPSA) is 84.7 Å². The van der Waals surface area contributed by atoms with E-state index < -0.39 is 0 Å². The fourth-order valence-corrected chi connectivity index (χ4v) is 2.26. The third kappa shape index (κ3) is 4.11. The van der Waals surface area contributed by atoms with Gasteiger partial charge in [-0.05, 0) is 31.9 Å². The number of carbonyl (C=O) groups excluding carboxylic acids is 2. The van der Waals surface area contributed by atoms with Crippen LogP contribution in [0.1, 0.15) is 47.8 Å². The first-order valence-electron chi connectivity index (χ1n) is 8.13. The number of rotatable bonds is 8. The number of aromatic nitrogens is 2. The van der Waals surface area contributed by atoms with Crippen LogP contribution < -0.4 is 10.6 Å². The summed E-state index contributed by atoms with van der Waals surface area (Å²) in [6.45, 7) is 4.99. The average Bonchev–Trinajstić information content (AvgIpc) is 2.98. The lowest BCUT2D eigenvalue weighted by molar-refractivity contribution is 0.0928. The fraction of sp³-hybridized carbons (Fsp3) is 0.471. The van der Waals surface area contributed by atoms with Crippen LogP contribution in [0.25, 0.3) is 5.52 Å². The van der Waals surface area contributed by atoms with Gasteiger partial charge in [0.05, 0.1) is 5.52 Å². The number of fused-ring (bicyclic) bond motifs is 1. The van der Waals surface area contributed by atoms with Crippen LogP contribution in [0.3, 0.4) is 0 Å². The summed E-state index contributed by atoms with van der Waals surface area (Å²) < 4.78 is 6.60. The van der Waals surface area contributed by atoms with Crippen molar-refractivity contribution >= 4 is 17.3 Å². The molecule has 1 unspecified atom stereocenters. The lowest BCUT2D eigenvalue weighted by atomic mass is 10.2. The molecule has 0 radical (unpaired) electrons. The van der Waals surface area contributed by atoms with Crippen molar-refractivity contribution in [1.82, 2.24) is 20.0 Å². The molecule has 0 spiro atoms. The van der Waals surface area contributed by atoms with Crippen LogP contribution in [-0.4, -0.2) is 47.5 Å². The van der Waals surface area contributed by atoms with Crippen molar-refractivity contribution in [3.05, 3.63) is 35.9 Å². The van der Waals surface area contributed by atoms with E-state index in [-0.39, 0.29) is 29.4 Å². The summed E-state index contributed by atoms with van der Waals surface area (Å²) in [7, 11) is 1.62. The molecule has 0 bridgehead atoms. The third-order valence-corrected chi connectivity index (χ3v) is 3.77. The Morgan fingerprint density at radius 3 is 2.83 bits per heavy atom. The molecule has 7 nitrogen and oxygen atoms in total. The van der Waals surface area contributed by atoms with Gasteiger partial charge in [-0.3, -0.25) is 14.0 Å². The van der Waals surface area contributed by atoms with Crippen LogP contribution in [0.2, 0.25) is 0 Å². The number of carbonyl (C=O) groups is 2. The zero-order chi connectivity index (χ0) is 17.5. The Morgan fingerprint density at radius 1 is 1.33 bits per heavy atom. The summed E-state index contributed by atoms with van der Waals surface area (Å²) >= 11 is 0. The average molecular weight is 332 g/mol. The van der Waals surface area contributed by atoms with E-state index in [0.29, 0.717) is 18.7 Å². The standard InChI is InChI=1S/C17H24N4O3/c1-4-12(2)19-17(23)15-20-14(13-8-5-6-10-21(13)15)16(22)18-9-7-11-24-3/h5-6,8,10,12H,4,7,9,11H2,1-3H3,(H,18,22)(H,19,23). The number of pyridine rings is 1. The second-order valence-electron chi connectivity index (χ2n) is 5.62. The lowest BCUT2D eigenvalue weighted by Gasteiger charge is -2.10. The monoisotopic (exact) mass is 332 g/mol. The predicted molar refractivity (Wildman–Crippen MR) is 91.2 cm³/mol. The molecule has 0 aliphatic heterocycles. The number of ether oxygens (including phenoxy) is 1. The Labute approximate surface area is 141 Å². The zero-order valence-corrected chi connectivity index (χ0v) is 14.3. The van der Waals surface area contributed by atoms with Gasteiger partial charge in [0.1, 0.15) is 0 Å². The maximum atomic E-state index is 12.4. The van der Waals surface area contributed by atoms with E-state index in [1.165, 1.54) is 0 Å². The number of imidazole rings is 1. The lowest BCUT2D eigenvalue weighted by Crippen LogP contribution is -2.33. The molecule has 0 aromatic carbocycles. The molecule has 2 heterocycles. The van der Waals surface area contributed by atoms with Gasteiger partial charge in [0.25, 0.3) is 11.8 Å². The fourth-order valence-electron chi connectivity index (χ4n) is 2.26. The summed E-state index contributed by atoms with van der Waals surface area (Å²) in [5, 5.41) is 5.68. The van der Waals surface area contributed by atoms with Gasteiger partial charge in [0.2, 0.25) is 5.82 Å². The van der Waals surface area contributed by atoms with Crippen LogP contribution in [0, 0.1) is 0 Å². The van der Waals surface area contributed by atoms with E-state index in [1.807, 2.05) is 19.9 Å². The Morgan fingerprint density at radius 2 is 2.12 bits per heavy atom. The van der Waals surface area contributed by atoms with Crippen LogP contribution in [-0.2, 0) is 4.74 Å². The molecule has 7 heteroatoms. The SMILES string of the molecule is CCC(C)NC(=O)c1nc(C(=O)NCCCOC)c2ccccn12. The van der Waals surface area contributed by atoms with Crippen molar-refractivity contribution in [1.29, 1.82) is 0 Å². The van der Waals surface area contributed by atoms with Gasteiger partial charge in [-0.2, -0.15) is 0 Å². The van der Waals surface area contributed by atoms with E-state index >= 15 is 0 Å². The Hall–Kier alpha value is -2.41. The summed E-state index contributed by atoms with van der Waals surface area (Å²) in [6, 6.07) is 5.43. The molecule has 2 N–H and O–H groups in total. The normalized spacial score (nSPS) is 12.1. The zero-order valence-electron chi connectivity index (χ0n) is 14.3. The van der Waals surface area contributed by atoms with E-state index in [9.17, 15) is 9.59 Å². The number of nitrogens with one attached hydrogen (secondary N) is 2. The summed E-state index contributed by atoms with van der Waals surface area (Å²) in [5.41, 5.74) is 0.860. The van der Waals surface area contributed by atoms with Gasteiger partial charge in [-0.1, -0.05) is 13.0 Å². The number of hydrogen-bond donors (Lipinski definition) is 2. The first-order valence-corrected chi connectivity index (χ1v) is 8.13. The molecule has 2 aromatic heterocycles. The largest absolute Gasteiger partial charge is 0.385 e. The minimum atomic E-state index is -0.294. The highest BCUT2D eigenvalue weighted by atomic mass is 16.5. The maximum absolute atomic E-state index is 12.4. The third-order valence-electron chi connectivity index (χ3n) is 3.77. The van der Waals surface area contributed by atoms with Crippen molar-refractivity contribution in [2.24, 2.45) is 0 Å². The van der Waals surface area contributed by atoms with Crippen molar-refractivity contribution in [3.8, 4) is 0 Å². The molecule has 130 valence electrons. The van der Waals surface area contributed by atoms with Gasteiger partial charge in [-0.15, -0.1) is 0 Å². The molecule has 2 aromatic rings. The highest BCUT2D eigenvalue weighted by Gasteiger charge is 2.21.